The Hall–Kier alpha value is -4.66. The number of carboxylic acid groups (broad SMARTS) is 1. The lowest BCUT2D eigenvalue weighted by molar-refractivity contribution is 0.0698. The molecule has 0 spiro atoms. The molecule has 9 nitrogen and oxygen atoms in total. The Morgan fingerprint density at radius 3 is 2.71 bits per heavy atom. The predicted molar refractivity (Wildman–Crippen MR) is 115 cm³/mol. The molecule has 0 unspecified atom stereocenters. The van der Waals surface area contributed by atoms with Crippen LogP contribution < -0.4 is 5.32 Å². The van der Waals surface area contributed by atoms with Crippen molar-refractivity contribution in [3.05, 3.63) is 72.6 Å². The van der Waals surface area contributed by atoms with Gasteiger partial charge in [0.1, 0.15) is 22.8 Å². The normalized spacial score (nSPS) is 11.0. The van der Waals surface area contributed by atoms with E-state index in [-0.39, 0.29) is 28.6 Å². The zero-order valence-electron chi connectivity index (χ0n) is 16.0. The van der Waals surface area contributed by atoms with E-state index < -0.39 is 5.97 Å². The standard InChI is InChI=1S/C22H16N6O3/c29-15-3-1-2-13(11-15)19-18(22(30)31)21(27-20(26-19)17-7-9-24-28-17)25-14-4-5-16-12(10-14)6-8-23-16/h1-11,23,29H,(H,24,28)(H,30,31)(H,25,26,27). The number of nitrogens with zero attached hydrogens (tertiary/aromatic N) is 3. The molecule has 0 fully saturated rings. The number of aromatic amines is 2. The van der Waals surface area contributed by atoms with Crippen LogP contribution in [0.4, 0.5) is 11.5 Å². The number of fused-ring (bicyclic) bond motifs is 1. The molecule has 5 aromatic rings. The minimum absolute atomic E-state index is 0.00274. The van der Waals surface area contributed by atoms with Crippen molar-refractivity contribution >= 4 is 28.4 Å². The molecule has 0 atom stereocenters. The van der Waals surface area contributed by atoms with Gasteiger partial charge in [0.25, 0.3) is 0 Å². The Labute approximate surface area is 175 Å². The fourth-order valence-electron chi connectivity index (χ4n) is 3.38. The molecule has 0 radical (unpaired) electrons. The van der Waals surface area contributed by atoms with E-state index in [1.54, 1.807) is 24.4 Å². The Balaban J connectivity index is 1.72. The first-order chi connectivity index (χ1) is 15.1. The highest BCUT2D eigenvalue weighted by Gasteiger charge is 2.23. The number of hydrogen-bond acceptors (Lipinski definition) is 6. The van der Waals surface area contributed by atoms with Gasteiger partial charge in [-0.05, 0) is 42.5 Å². The molecule has 5 N–H and O–H groups in total. The van der Waals surface area contributed by atoms with Gasteiger partial charge in [0.05, 0.1) is 5.69 Å². The molecule has 5 rings (SSSR count). The summed E-state index contributed by atoms with van der Waals surface area (Å²) >= 11 is 0. The van der Waals surface area contributed by atoms with Crippen molar-refractivity contribution in [3.63, 3.8) is 0 Å². The Morgan fingerprint density at radius 1 is 1.03 bits per heavy atom. The van der Waals surface area contributed by atoms with Crippen LogP contribution in [0.2, 0.25) is 0 Å². The molecule has 3 heterocycles. The molecule has 2 aromatic carbocycles. The van der Waals surface area contributed by atoms with Crippen LogP contribution in [0.3, 0.4) is 0 Å². The van der Waals surface area contributed by atoms with Crippen molar-refractivity contribution in [2.24, 2.45) is 0 Å². The van der Waals surface area contributed by atoms with Gasteiger partial charge in [-0.3, -0.25) is 5.10 Å². The second-order valence-corrected chi connectivity index (χ2v) is 6.85. The first kappa shape index (κ1) is 18.4. The molecule has 9 heteroatoms. The summed E-state index contributed by atoms with van der Waals surface area (Å²) in [7, 11) is 0. The van der Waals surface area contributed by atoms with Crippen LogP contribution in [0.1, 0.15) is 10.4 Å². The molecule has 0 aliphatic rings. The van der Waals surface area contributed by atoms with Gasteiger partial charge in [-0.2, -0.15) is 5.10 Å². The predicted octanol–water partition coefficient (Wildman–Crippen LogP) is 4.16. The fourth-order valence-corrected chi connectivity index (χ4v) is 3.38. The molecule has 0 saturated carbocycles. The third kappa shape index (κ3) is 3.44. The molecule has 3 aromatic heterocycles. The third-order valence-electron chi connectivity index (χ3n) is 4.80. The number of aromatic nitrogens is 5. The second kappa shape index (κ2) is 7.30. The Bertz CT molecular complexity index is 1410. The monoisotopic (exact) mass is 412 g/mol. The second-order valence-electron chi connectivity index (χ2n) is 6.85. The van der Waals surface area contributed by atoms with Crippen molar-refractivity contribution < 1.29 is 15.0 Å². The molecule has 0 bridgehead atoms. The smallest absolute Gasteiger partial charge is 0.341 e. The number of benzene rings is 2. The lowest BCUT2D eigenvalue weighted by Gasteiger charge is -2.14. The summed E-state index contributed by atoms with van der Waals surface area (Å²) in [5.74, 6) is -0.797. The van der Waals surface area contributed by atoms with Crippen LogP contribution in [0.5, 0.6) is 5.75 Å². The molecule has 0 saturated heterocycles. The number of carbonyl (C=O) groups is 1. The van der Waals surface area contributed by atoms with E-state index in [2.05, 4.69) is 30.5 Å². The fraction of sp³-hybridized carbons (Fsp3) is 0. The number of aromatic hydroxyl groups is 1. The number of hydrogen-bond donors (Lipinski definition) is 5. The number of phenolic OH excluding ortho intramolecular Hbond substituents is 1. The maximum Gasteiger partial charge on any atom is 0.341 e. The number of rotatable bonds is 5. The van der Waals surface area contributed by atoms with Gasteiger partial charge in [-0.1, -0.05) is 12.1 Å². The van der Waals surface area contributed by atoms with Crippen LogP contribution in [-0.4, -0.2) is 41.3 Å². The average molecular weight is 412 g/mol. The summed E-state index contributed by atoms with van der Waals surface area (Å²) in [4.78, 5) is 24.3. The molecule has 152 valence electrons. The van der Waals surface area contributed by atoms with Gasteiger partial charge < -0.3 is 20.5 Å². The maximum absolute atomic E-state index is 12.3. The van der Waals surface area contributed by atoms with Gasteiger partial charge in [0.15, 0.2) is 5.82 Å². The minimum atomic E-state index is -1.19. The highest BCUT2D eigenvalue weighted by Crippen LogP contribution is 2.32. The number of aromatic carboxylic acids is 1. The summed E-state index contributed by atoms with van der Waals surface area (Å²) in [5, 5.41) is 30.7. The van der Waals surface area contributed by atoms with Crippen LogP contribution in [0.25, 0.3) is 33.7 Å². The number of anilines is 2. The van der Waals surface area contributed by atoms with E-state index in [1.807, 2.05) is 30.5 Å². The Morgan fingerprint density at radius 2 is 1.94 bits per heavy atom. The van der Waals surface area contributed by atoms with Gasteiger partial charge in [0, 0.05) is 34.5 Å². The number of nitrogens with one attached hydrogen (secondary N) is 3. The van der Waals surface area contributed by atoms with E-state index >= 15 is 0 Å². The van der Waals surface area contributed by atoms with Gasteiger partial charge in [-0.15, -0.1) is 0 Å². The van der Waals surface area contributed by atoms with Gasteiger partial charge in [0.2, 0.25) is 0 Å². The van der Waals surface area contributed by atoms with Crippen LogP contribution >= 0.6 is 0 Å². The number of phenols is 1. The van der Waals surface area contributed by atoms with Crippen molar-refractivity contribution in [1.29, 1.82) is 0 Å². The first-order valence-electron chi connectivity index (χ1n) is 9.37. The molecule has 0 aliphatic carbocycles. The zero-order chi connectivity index (χ0) is 21.4. The maximum atomic E-state index is 12.3. The highest BCUT2D eigenvalue weighted by atomic mass is 16.4. The SMILES string of the molecule is O=C(O)c1c(Nc2ccc3[nH]ccc3c2)nc(-c2ccn[nH]2)nc1-c1cccc(O)c1. The minimum Gasteiger partial charge on any atom is -0.508 e. The van der Waals surface area contributed by atoms with E-state index in [4.69, 9.17) is 0 Å². The average Bonchev–Trinajstić information content (AvgIpc) is 3.45. The van der Waals surface area contributed by atoms with Crippen LogP contribution in [0, 0.1) is 0 Å². The zero-order valence-corrected chi connectivity index (χ0v) is 16.0. The third-order valence-corrected chi connectivity index (χ3v) is 4.80. The molecule has 0 aliphatic heterocycles. The molecule has 31 heavy (non-hydrogen) atoms. The van der Waals surface area contributed by atoms with Gasteiger partial charge in [-0.25, -0.2) is 14.8 Å². The van der Waals surface area contributed by atoms with Crippen molar-refractivity contribution in [2.45, 2.75) is 0 Å². The number of carboxylic acids is 1. The topological polar surface area (TPSA) is 140 Å². The van der Waals surface area contributed by atoms with E-state index in [0.29, 0.717) is 16.9 Å². The summed E-state index contributed by atoms with van der Waals surface area (Å²) < 4.78 is 0. The highest BCUT2D eigenvalue weighted by molar-refractivity contribution is 6.01. The first-order valence-corrected chi connectivity index (χ1v) is 9.37. The lowest BCUT2D eigenvalue weighted by Crippen LogP contribution is -2.10. The molecular formula is C22H16N6O3. The number of H-pyrrole nitrogens is 2. The van der Waals surface area contributed by atoms with Crippen LogP contribution in [0.15, 0.2) is 67.0 Å². The molecule has 0 amide bonds. The van der Waals surface area contributed by atoms with E-state index in [0.717, 1.165) is 10.9 Å². The van der Waals surface area contributed by atoms with E-state index in [9.17, 15) is 15.0 Å². The summed E-state index contributed by atoms with van der Waals surface area (Å²) in [5.41, 5.74) is 2.68. The summed E-state index contributed by atoms with van der Waals surface area (Å²) in [6.07, 6.45) is 3.39. The largest absolute Gasteiger partial charge is 0.508 e. The summed E-state index contributed by atoms with van der Waals surface area (Å²) in [6.45, 7) is 0. The Kier molecular flexibility index (Phi) is 4.33. The van der Waals surface area contributed by atoms with Crippen LogP contribution in [-0.2, 0) is 0 Å². The summed E-state index contributed by atoms with van der Waals surface area (Å²) in [6, 6.07) is 15.5. The lowest BCUT2D eigenvalue weighted by atomic mass is 10.1. The molecular weight excluding hydrogens is 396 g/mol. The van der Waals surface area contributed by atoms with Crippen molar-refractivity contribution in [2.75, 3.05) is 5.32 Å². The van der Waals surface area contributed by atoms with Gasteiger partial charge >= 0.3 is 5.97 Å². The van der Waals surface area contributed by atoms with E-state index in [1.165, 1.54) is 12.1 Å². The van der Waals surface area contributed by atoms with Crippen molar-refractivity contribution in [1.82, 2.24) is 25.1 Å². The quantitative estimate of drug-likeness (QED) is 0.292. The van der Waals surface area contributed by atoms with Crippen molar-refractivity contribution in [3.8, 4) is 28.5 Å².